The summed E-state index contributed by atoms with van der Waals surface area (Å²) in [6.07, 6.45) is 12.2. The first kappa shape index (κ1) is 20.2. The Kier molecular flexibility index (Phi) is 4.43. The summed E-state index contributed by atoms with van der Waals surface area (Å²) in [5, 5.41) is 18.1. The van der Waals surface area contributed by atoms with Crippen LogP contribution in [0, 0.1) is 17.2 Å². The molecule has 164 valence electrons. The highest BCUT2D eigenvalue weighted by atomic mass is 32.2. The van der Waals surface area contributed by atoms with E-state index in [2.05, 4.69) is 17.3 Å². The molecule has 0 amide bonds. The van der Waals surface area contributed by atoms with Gasteiger partial charge in [-0.1, -0.05) is 36.8 Å². The van der Waals surface area contributed by atoms with Gasteiger partial charge in [0.15, 0.2) is 0 Å². The van der Waals surface area contributed by atoms with Gasteiger partial charge in [-0.25, -0.2) is 13.5 Å². The molecule has 1 aromatic heterocycles. The molecule has 3 unspecified atom stereocenters. The van der Waals surface area contributed by atoms with Gasteiger partial charge >= 0.3 is 0 Å². The molecule has 1 fully saturated rings. The van der Waals surface area contributed by atoms with Crippen molar-refractivity contribution in [2.75, 3.05) is 0 Å². The molecule has 0 spiro atoms. The number of benzene rings is 1. The van der Waals surface area contributed by atoms with Crippen molar-refractivity contribution in [1.29, 1.82) is 0 Å². The highest BCUT2D eigenvalue weighted by Crippen LogP contribution is 2.60. The molecule has 1 aliphatic heterocycles. The summed E-state index contributed by atoms with van der Waals surface area (Å²) in [5.41, 5.74) is 1.90. The Labute approximate surface area is 190 Å². The number of alkyl halides is 1. The van der Waals surface area contributed by atoms with E-state index in [1.807, 2.05) is 30.6 Å². The van der Waals surface area contributed by atoms with E-state index in [-0.39, 0.29) is 17.0 Å². The fourth-order valence-electron chi connectivity index (χ4n) is 5.85. The summed E-state index contributed by atoms with van der Waals surface area (Å²) < 4.78 is 32.0. The highest BCUT2D eigenvalue weighted by molar-refractivity contribution is 8.03. The van der Waals surface area contributed by atoms with Crippen molar-refractivity contribution in [3.05, 3.63) is 88.4 Å². The van der Waals surface area contributed by atoms with Crippen molar-refractivity contribution in [3.63, 3.8) is 0 Å². The van der Waals surface area contributed by atoms with Crippen LogP contribution in [0.5, 0.6) is 0 Å². The Morgan fingerprint density at radius 1 is 1.22 bits per heavy atom. The largest absolute Gasteiger partial charge is 0.385 e. The van der Waals surface area contributed by atoms with E-state index in [1.165, 1.54) is 12.1 Å². The second kappa shape index (κ2) is 7.03. The molecule has 4 aliphatic rings. The van der Waals surface area contributed by atoms with Gasteiger partial charge in [0.1, 0.15) is 17.6 Å². The topological polar surface area (TPSA) is 38.0 Å². The van der Waals surface area contributed by atoms with Crippen LogP contribution in [-0.2, 0) is 6.42 Å². The molecule has 0 bridgehead atoms. The number of thioether (sulfide) groups is 1. The Bertz CT molecular complexity index is 1210. The van der Waals surface area contributed by atoms with Crippen molar-refractivity contribution >= 4 is 17.8 Å². The van der Waals surface area contributed by atoms with Crippen molar-refractivity contribution in [1.82, 2.24) is 9.78 Å². The lowest BCUT2D eigenvalue weighted by atomic mass is 9.64. The molecule has 2 aromatic rings. The molecule has 2 heterocycles. The smallest absolute Gasteiger partial charge is 0.150 e. The van der Waals surface area contributed by atoms with E-state index in [0.29, 0.717) is 19.3 Å². The third kappa shape index (κ3) is 2.72. The van der Waals surface area contributed by atoms with Crippen molar-refractivity contribution in [2.45, 2.75) is 43.2 Å². The molecule has 1 saturated carbocycles. The zero-order valence-electron chi connectivity index (χ0n) is 17.7. The van der Waals surface area contributed by atoms with Gasteiger partial charge in [-0.3, -0.25) is 0 Å². The second-order valence-electron chi connectivity index (χ2n) is 9.40. The van der Waals surface area contributed by atoms with Gasteiger partial charge < -0.3 is 5.11 Å². The van der Waals surface area contributed by atoms with Crippen molar-refractivity contribution in [2.24, 2.45) is 11.3 Å². The normalized spacial score (nSPS) is 33.4. The van der Waals surface area contributed by atoms with Crippen LogP contribution in [0.25, 0.3) is 11.8 Å². The Hall–Kier alpha value is -2.44. The lowest BCUT2D eigenvalue weighted by Gasteiger charge is -2.44. The molecule has 6 heteroatoms. The minimum atomic E-state index is -1.75. The fourth-order valence-corrected chi connectivity index (χ4v) is 7.04. The summed E-state index contributed by atoms with van der Waals surface area (Å²) in [7, 11) is 0. The number of aromatic nitrogens is 2. The quantitative estimate of drug-likeness (QED) is 0.665. The minimum absolute atomic E-state index is 0.0460. The fraction of sp³-hybridized carbons (Fsp3) is 0.346. The molecular weight excluding hydrogens is 426 g/mol. The monoisotopic (exact) mass is 450 g/mol. The predicted molar refractivity (Wildman–Crippen MR) is 124 cm³/mol. The van der Waals surface area contributed by atoms with Gasteiger partial charge in [-0.15, -0.1) is 11.8 Å². The molecule has 5 atom stereocenters. The number of aliphatic hydroxyl groups excluding tert-OH is 1. The SMILES string of the molecule is C[C@]12Cc3cnn(-c4ccc(F)cc4)c3C=C1CC[C@]2(F)C(O)C1=CSC2C=CC=CC12. The molecule has 0 radical (unpaired) electrons. The van der Waals surface area contributed by atoms with Crippen LogP contribution in [0.4, 0.5) is 8.78 Å². The summed E-state index contributed by atoms with van der Waals surface area (Å²) in [4.78, 5) is 0. The van der Waals surface area contributed by atoms with E-state index in [9.17, 15) is 9.50 Å². The average molecular weight is 451 g/mol. The minimum Gasteiger partial charge on any atom is -0.385 e. The zero-order chi connectivity index (χ0) is 22.1. The number of hydrogen-bond donors (Lipinski definition) is 1. The third-order valence-electron chi connectivity index (χ3n) is 7.78. The molecule has 0 saturated heterocycles. The molecule has 32 heavy (non-hydrogen) atoms. The highest BCUT2D eigenvalue weighted by Gasteiger charge is 2.62. The predicted octanol–water partition coefficient (Wildman–Crippen LogP) is 5.56. The first-order valence-electron chi connectivity index (χ1n) is 11.0. The number of allylic oxidation sites excluding steroid dienone is 4. The lowest BCUT2D eigenvalue weighted by Crippen LogP contribution is -2.51. The van der Waals surface area contributed by atoms with E-state index >= 15 is 4.39 Å². The number of fused-ring (bicyclic) bond motifs is 3. The summed E-state index contributed by atoms with van der Waals surface area (Å²) >= 11 is 1.66. The Balaban J connectivity index is 1.35. The maximum atomic E-state index is 16.9. The number of rotatable bonds is 3. The average Bonchev–Trinajstić information content (AvgIpc) is 3.47. The van der Waals surface area contributed by atoms with Gasteiger partial charge in [-0.05, 0) is 66.1 Å². The number of nitrogens with zero attached hydrogens (tertiary/aromatic N) is 2. The molecule has 3 aliphatic carbocycles. The number of hydrogen-bond acceptors (Lipinski definition) is 3. The van der Waals surface area contributed by atoms with Crippen LogP contribution in [0.15, 0.2) is 71.3 Å². The molecule has 1 aromatic carbocycles. The second-order valence-corrected chi connectivity index (χ2v) is 10.5. The van der Waals surface area contributed by atoms with E-state index in [4.69, 9.17) is 0 Å². The summed E-state index contributed by atoms with van der Waals surface area (Å²) in [6.45, 7) is 1.95. The van der Waals surface area contributed by atoms with Crippen LogP contribution in [0.3, 0.4) is 0 Å². The van der Waals surface area contributed by atoms with Crippen LogP contribution >= 0.6 is 11.8 Å². The molecular formula is C26H24F2N2OS. The first-order valence-corrected chi connectivity index (χ1v) is 12.0. The third-order valence-corrected chi connectivity index (χ3v) is 8.95. The maximum Gasteiger partial charge on any atom is 0.150 e. The number of aliphatic hydroxyl groups is 1. The summed E-state index contributed by atoms with van der Waals surface area (Å²) in [6, 6.07) is 6.22. The van der Waals surface area contributed by atoms with Gasteiger partial charge in [0.05, 0.1) is 17.6 Å². The molecule has 6 rings (SSSR count). The van der Waals surface area contributed by atoms with Gasteiger partial charge in [0, 0.05) is 16.6 Å². The molecule has 1 N–H and O–H groups in total. The van der Waals surface area contributed by atoms with Crippen LogP contribution in [0.1, 0.15) is 31.0 Å². The lowest BCUT2D eigenvalue weighted by molar-refractivity contribution is -0.0515. The first-order chi connectivity index (χ1) is 15.4. The Morgan fingerprint density at radius 2 is 2.00 bits per heavy atom. The maximum absolute atomic E-state index is 16.9. The van der Waals surface area contributed by atoms with Crippen LogP contribution in [-0.4, -0.2) is 31.9 Å². The van der Waals surface area contributed by atoms with Crippen molar-refractivity contribution in [3.8, 4) is 5.69 Å². The zero-order valence-corrected chi connectivity index (χ0v) is 18.5. The van der Waals surface area contributed by atoms with Gasteiger partial charge in [-0.2, -0.15) is 5.10 Å². The van der Waals surface area contributed by atoms with E-state index < -0.39 is 17.2 Å². The standard InChI is InChI=1S/C26H24F2N2OS/c1-25-13-16-14-29-30(19-8-6-18(27)7-9-19)22(16)12-17(25)10-11-26(25,28)24(31)21-15-32-23-5-3-2-4-20(21)23/h2-9,12,14-15,20,23-24,31H,10-11,13H2,1H3/t20?,23?,24?,25-,26-/m0/s1. The van der Waals surface area contributed by atoms with Crippen LogP contribution in [0.2, 0.25) is 0 Å². The van der Waals surface area contributed by atoms with Gasteiger partial charge in [0.2, 0.25) is 0 Å². The number of halogens is 2. The molecule has 3 nitrogen and oxygen atoms in total. The van der Waals surface area contributed by atoms with E-state index in [1.54, 1.807) is 34.8 Å². The van der Waals surface area contributed by atoms with Crippen molar-refractivity contribution < 1.29 is 13.9 Å². The van der Waals surface area contributed by atoms with E-state index in [0.717, 1.165) is 28.1 Å². The van der Waals surface area contributed by atoms with Gasteiger partial charge in [0.25, 0.3) is 0 Å². The summed E-state index contributed by atoms with van der Waals surface area (Å²) in [5.74, 6) is -0.248. The Morgan fingerprint density at radius 3 is 2.81 bits per heavy atom. The van der Waals surface area contributed by atoms with Crippen LogP contribution < -0.4 is 0 Å².